The molecule has 1 aliphatic rings. The van der Waals surface area contributed by atoms with Crippen molar-refractivity contribution < 1.29 is 8.83 Å². The van der Waals surface area contributed by atoms with Crippen LogP contribution < -0.4 is 4.90 Å². The maximum absolute atomic E-state index is 6.95. The van der Waals surface area contributed by atoms with Gasteiger partial charge < -0.3 is 13.7 Å². The first-order chi connectivity index (χ1) is 24.9. The van der Waals surface area contributed by atoms with Crippen molar-refractivity contribution in [3.05, 3.63) is 175 Å². The predicted molar refractivity (Wildman–Crippen MR) is 214 cm³/mol. The summed E-state index contributed by atoms with van der Waals surface area (Å²) in [6.45, 7) is 11.2. The molecule has 1 aliphatic carbocycles. The highest BCUT2D eigenvalue weighted by molar-refractivity contribution is 6.32. The number of fused-ring (bicyclic) bond motifs is 12. The second-order valence-electron chi connectivity index (χ2n) is 14.1. The van der Waals surface area contributed by atoms with Gasteiger partial charge in [0, 0.05) is 44.4 Å². The Balaban J connectivity index is 1.34. The van der Waals surface area contributed by atoms with E-state index in [0.29, 0.717) is 0 Å². The molecular weight excluding hydrogens is 623 g/mol. The van der Waals surface area contributed by atoms with Gasteiger partial charge in [-0.15, -0.1) is 0 Å². The van der Waals surface area contributed by atoms with Crippen LogP contribution in [-0.2, 0) is 5.41 Å². The zero-order chi connectivity index (χ0) is 34.4. The summed E-state index contributed by atoms with van der Waals surface area (Å²) in [6, 6.07) is 49.5. The molecule has 3 nitrogen and oxygen atoms in total. The largest absolute Gasteiger partial charge is 0.456 e. The van der Waals surface area contributed by atoms with Gasteiger partial charge >= 0.3 is 0 Å². The lowest BCUT2D eigenvalue weighted by atomic mass is 9.82. The normalized spacial score (nSPS) is 13.9. The fourth-order valence-corrected chi connectivity index (χ4v) is 8.55. The van der Waals surface area contributed by atoms with E-state index >= 15 is 0 Å². The lowest BCUT2D eigenvalue weighted by molar-refractivity contribution is 0.659. The molecule has 0 atom stereocenters. The first-order valence-electron chi connectivity index (χ1n) is 17.6. The van der Waals surface area contributed by atoms with Crippen LogP contribution in [0.15, 0.2) is 167 Å². The number of hydrogen-bond acceptors (Lipinski definition) is 3. The van der Waals surface area contributed by atoms with Crippen LogP contribution in [0.4, 0.5) is 11.4 Å². The Morgan fingerprint density at radius 2 is 1.33 bits per heavy atom. The minimum absolute atomic E-state index is 0.168. The molecule has 0 saturated heterocycles. The molecule has 0 unspecified atom stereocenters. The van der Waals surface area contributed by atoms with Crippen molar-refractivity contribution in [3.8, 4) is 11.1 Å². The number of nitrogens with zero attached hydrogens (tertiary/aromatic N) is 1. The predicted octanol–water partition coefficient (Wildman–Crippen LogP) is 13.7. The van der Waals surface area contributed by atoms with Crippen LogP contribution in [0.2, 0.25) is 0 Å². The second kappa shape index (κ2) is 10.8. The molecule has 10 rings (SSSR count). The van der Waals surface area contributed by atoms with Crippen molar-refractivity contribution in [1.82, 2.24) is 0 Å². The van der Waals surface area contributed by atoms with Gasteiger partial charge in [0.1, 0.15) is 16.7 Å². The van der Waals surface area contributed by atoms with Gasteiger partial charge in [-0.2, -0.15) is 0 Å². The second-order valence-corrected chi connectivity index (χ2v) is 14.1. The lowest BCUT2D eigenvalue weighted by Gasteiger charge is -2.30. The molecule has 0 N–H and O–H groups in total. The summed E-state index contributed by atoms with van der Waals surface area (Å²) in [5, 5.41) is 6.63. The molecule has 9 aromatic rings. The van der Waals surface area contributed by atoms with Crippen molar-refractivity contribution in [3.63, 3.8) is 0 Å². The minimum atomic E-state index is -0.168. The third kappa shape index (κ3) is 4.18. The zero-order valence-corrected chi connectivity index (χ0v) is 28.8. The van der Waals surface area contributed by atoms with Crippen molar-refractivity contribution in [1.29, 1.82) is 0 Å². The van der Waals surface area contributed by atoms with Crippen LogP contribution >= 0.6 is 0 Å². The zero-order valence-electron chi connectivity index (χ0n) is 28.8. The quantitative estimate of drug-likeness (QED) is 0.173. The Morgan fingerprint density at radius 1 is 0.608 bits per heavy atom. The van der Waals surface area contributed by atoms with E-state index in [4.69, 9.17) is 8.83 Å². The molecule has 0 fully saturated rings. The summed E-state index contributed by atoms with van der Waals surface area (Å²) in [5.41, 5.74) is 13.5. The van der Waals surface area contributed by atoms with Gasteiger partial charge in [0.05, 0.1) is 5.69 Å². The Bertz CT molecular complexity index is 2920. The summed E-state index contributed by atoms with van der Waals surface area (Å²) in [7, 11) is 0. The molecule has 0 aliphatic heterocycles. The Hall–Kier alpha value is -6.32. The summed E-state index contributed by atoms with van der Waals surface area (Å²) in [6.07, 6.45) is 1.97. The molecule has 0 radical (unpaired) electrons. The standard InChI is InChI=1S/C48H35NO2/c1-5-39(29(2)30-15-7-6-8-16-30)49(32-24-25-35-34-19-11-13-21-37(34)48(3,4)38(35)27-32)40-28-43-46(45-36-20-12-14-22-41(36)51-47(40)45)44-33-18-10-9-17-31(33)23-26-42(44)50-43/h5-28H,1H2,2-4H3/b39-29-. The van der Waals surface area contributed by atoms with Gasteiger partial charge in [0.2, 0.25) is 0 Å². The number of benzene rings is 7. The van der Waals surface area contributed by atoms with Gasteiger partial charge in [-0.3, -0.25) is 0 Å². The third-order valence-corrected chi connectivity index (χ3v) is 11.0. The number of furan rings is 2. The van der Waals surface area contributed by atoms with Crippen LogP contribution in [0.3, 0.4) is 0 Å². The molecule has 51 heavy (non-hydrogen) atoms. The van der Waals surface area contributed by atoms with E-state index in [-0.39, 0.29) is 5.41 Å². The number of allylic oxidation sites excluding steroid dienone is 2. The van der Waals surface area contributed by atoms with E-state index in [2.05, 4.69) is 166 Å². The molecule has 244 valence electrons. The maximum Gasteiger partial charge on any atom is 0.160 e. The minimum Gasteiger partial charge on any atom is -0.456 e. The van der Waals surface area contributed by atoms with Crippen LogP contribution in [0, 0.1) is 0 Å². The monoisotopic (exact) mass is 657 g/mol. The molecular formula is C48H35NO2. The average Bonchev–Trinajstić information content (AvgIpc) is 3.81. The Morgan fingerprint density at radius 3 is 2.18 bits per heavy atom. The van der Waals surface area contributed by atoms with Gasteiger partial charge in [-0.05, 0) is 81.4 Å². The van der Waals surface area contributed by atoms with Crippen molar-refractivity contribution in [2.45, 2.75) is 26.2 Å². The van der Waals surface area contributed by atoms with Crippen LogP contribution in [-0.4, -0.2) is 0 Å². The van der Waals surface area contributed by atoms with Crippen molar-refractivity contribution in [2.75, 3.05) is 4.90 Å². The first kappa shape index (κ1) is 29.6. The number of rotatable bonds is 5. The summed E-state index contributed by atoms with van der Waals surface area (Å²) >= 11 is 0. The smallest absolute Gasteiger partial charge is 0.160 e. The van der Waals surface area contributed by atoms with Gasteiger partial charge in [-0.1, -0.05) is 130 Å². The SMILES string of the molecule is C=C/C(=C(\C)c1ccccc1)N(c1ccc2c(c1)C(C)(C)c1ccccc1-2)c1cc2oc3ccc4ccccc4c3c2c2c1oc1ccccc12. The summed E-state index contributed by atoms with van der Waals surface area (Å²) in [5.74, 6) is 0. The first-order valence-corrected chi connectivity index (χ1v) is 17.6. The molecule has 7 aromatic carbocycles. The van der Waals surface area contributed by atoms with Gasteiger partial charge in [0.15, 0.2) is 5.58 Å². The Labute approximate surface area is 296 Å². The van der Waals surface area contributed by atoms with Crippen molar-refractivity contribution >= 4 is 71.6 Å². The van der Waals surface area contributed by atoms with Gasteiger partial charge in [-0.25, -0.2) is 0 Å². The summed E-state index contributed by atoms with van der Waals surface area (Å²) < 4.78 is 13.8. The average molecular weight is 658 g/mol. The highest BCUT2D eigenvalue weighted by Gasteiger charge is 2.36. The molecule has 2 aromatic heterocycles. The van der Waals surface area contributed by atoms with Crippen LogP contribution in [0.5, 0.6) is 0 Å². The fourth-order valence-electron chi connectivity index (χ4n) is 8.55. The maximum atomic E-state index is 6.95. The number of hydrogen-bond donors (Lipinski definition) is 0. The highest BCUT2D eigenvalue weighted by Crippen LogP contribution is 2.52. The highest BCUT2D eigenvalue weighted by atomic mass is 16.3. The van der Waals surface area contributed by atoms with E-state index in [0.717, 1.165) is 77.5 Å². The molecule has 2 heterocycles. The van der Waals surface area contributed by atoms with E-state index in [1.807, 2.05) is 12.1 Å². The third-order valence-electron chi connectivity index (χ3n) is 11.0. The van der Waals surface area contributed by atoms with E-state index < -0.39 is 0 Å². The lowest BCUT2D eigenvalue weighted by Crippen LogP contribution is -2.19. The molecule has 3 heteroatoms. The van der Waals surface area contributed by atoms with E-state index in [1.54, 1.807) is 0 Å². The van der Waals surface area contributed by atoms with Crippen LogP contribution in [0.25, 0.3) is 71.3 Å². The van der Waals surface area contributed by atoms with E-state index in [1.165, 1.54) is 27.6 Å². The van der Waals surface area contributed by atoms with Crippen LogP contribution in [0.1, 0.15) is 37.5 Å². The topological polar surface area (TPSA) is 29.5 Å². The molecule has 0 saturated carbocycles. The van der Waals surface area contributed by atoms with Gasteiger partial charge in [0.25, 0.3) is 0 Å². The molecule has 0 spiro atoms. The Kier molecular flexibility index (Phi) is 6.29. The molecule has 0 bridgehead atoms. The number of anilines is 2. The molecule has 0 amide bonds. The number of para-hydroxylation sites is 1. The summed E-state index contributed by atoms with van der Waals surface area (Å²) in [4.78, 5) is 2.32. The van der Waals surface area contributed by atoms with E-state index in [9.17, 15) is 0 Å². The fraction of sp³-hybridized carbons (Fsp3) is 0.0833. The van der Waals surface area contributed by atoms with Crippen molar-refractivity contribution in [2.24, 2.45) is 0 Å².